The fourth-order valence-electron chi connectivity index (χ4n) is 3.29. The lowest BCUT2D eigenvalue weighted by Crippen LogP contribution is -2.47. The first-order valence-electron chi connectivity index (χ1n) is 9.33. The predicted molar refractivity (Wildman–Crippen MR) is 104 cm³/mol. The largest absolute Gasteiger partial charge is 0.300 e. The maximum atomic E-state index is 12.2. The van der Waals surface area contributed by atoms with Crippen LogP contribution in [-0.2, 0) is 0 Å². The monoisotopic (exact) mass is 350 g/mol. The highest BCUT2D eigenvalue weighted by atomic mass is 16.1. The molecular weight excluding hydrogens is 324 g/mol. The third-order valence-electron chi connectivity index (χ3n) is 4.97. The van der Waals surface area contributed by atoms with Gasteiger partial charge in [-0.25, -0.2) is 0 Å². The molecule has 0 radical (unpaired) electrons. The number of Topliss-reactive ketones (excluding diaryl/α,β-unsaturated/α-hetero) is 2. The van der Waals surface area contributed by atoms with Gasteiger partial charge in [0.05, 0.1) is 0 Å². The van der Waals surface area contributed by atoms with Crippen LogP contribution >= 0.6 is 0 Å². The molecule has 2 aromatic carbocycles. The second-order valence-electron chi connectivity index (χ2n) is 6.76. The molecule has 0 aliphatic carbocycles. The topological polar surface area (TPSA) is 40.6 Å². The molecule has 3 rings (SSSR count). The second-order valence-corrected chi connectivity index (χ2v) is 6.76. The van der Waals surface area contributed by atoms with Crippen LogP contribution in [0.25, 0.3) is 0 Å². The second kappa shape index (κ2) is 9.41. The quantitative estimate of drug-likeness (QED) is 0.686. The lowest BCUT2D eigenvalue weighted by molar-refractivity contribution is 0.0885. The molecule has 0 aromatic heterocycles. The first-order valence-corrected chi connectivity index (χ1v) is 9.33. The van der Waals surface area contributed by atoms with Crippen LogP contribution in [0.3, 0.4) is 0 Å². The molecule has 0 N–H and O–H groups in total. The molecule has 0 unspecified atom stereocenters. The van der Waals surface area contributed by atoms with E-state index in [0.29, 0.717) is 12.8 Å². The first-order chi connectivity index (χ1) is 12.7. The van der Waals surface area contributed by atoms with Gasteiger partial charge >= 0.3 is 0 Å². The molecule has 2 aromatic rings. The SMILES string of the molecule is O=C(CCN1CCN(CCC(=O)c2ccccc2)CC1)c1ccccc1. The highest BCUT2D eigenvalue weighted by Crippen LogP contribution is 2.09. The van der Waals surface area contributed by atoms with Crippen molar-refractivity contribution in [1.29, 1.82) is 0 Å². The Hall–Kier alpha value is -2.30. The summed E-state index contributed by atoms with van der Waals surface area (Å²) >= 11 is 0. The molecular formula is C22H26N2O2. The number of carbonyl (C=O) groups is 2. The molecule has 136 valence electrons. The third-order valence-corrected chi connectivity index (χ3v) is 4.97. The van der Waals surface area contributed by atoms with Crippen LogP contribution in [0.1, 0.15) is 33.6 Å². The van der Waals surface area contributed by atoms with Gasteiger partial charge in [-0.1, -0.05) is 60.7 Å². The maximum Gasteiger partial charge on any atom is 0.164 e. The smallest absolute Gasteiger partial charge is 0.164 e. The number of piperazine rings is 1. The van der Waals surface area contributed by atoms with Crippen molar-refractivity contribution in [2.45, 2.75) is 12.8 Å². The summed E-state index contributed by atoms with van der Waals surface area (Å²) in [6.45, 7) is 5.46. The van der Waals surface area contributed by atoms with Gasteiger partial charge in [0.1, 0.15) is 0 Å². The van der Waals surface area contributed by atoms with E-state index in [4.69, 9.17) is 0 Å². The van der Waals surface area contributed by atoms with E-state index in [1.165, 1.54) is 0 Å². The van der Waals surface area contributed by atoms with Crippen LogP contribution in [-0.4, -0.2) is 60.6 Å². The fraction of sp³-hybridized carbons (Fsp3) is 0.364. The molecule has 0 bridgehead atoms. The van der Waals surface area contributed by atoms with Crippen LogP contribution in [0.5, 0.6) is 0 Å². The molecule has 1 heterocycles. The number of carbonyl (C=O) groups excluding carboxylic acids is 2. The number of rotatable bonds is 8. The van der Waals surface area contributed by atoms with Crippen molar-refractivity contribution in [3.8, 4) is 0 Å². The third kappa shape index (κ3) is 5.35. The molecule has 0 atom stereocenters. The van der Waals surface area contributed by atoms with E-state index in [2.05, 4.69) is 9.80 Å². The Morgan fingerprint density at radius 1 is 0.615 bits per heavy atom. The summed E-state index contributed by atoms with van der Waals surface area (Å²) in [4.78, 5) is 29.1. The van der Waals surface area contributed by atoms with E-state index in [1.807, 2.05) is 60.7 Å². The van der Waals surface area contributed by atoms with Crippen molar-refractivity contribution in [3.05, 3.63) is 71.8 Å². The Morgan fingerprint density at radius 3 is 1.31 bits per heavy atom. The van der Waals surface area contributed by atoms with E-state index in [-0.39, 0.29) is 11.6 Å². The van der Waals surface area contributed by atoms with Crippen LogP contribution in [0.15, 0.2) is 60.7 Å². The highest BCUT2D eigenvalue weighted by molar-refractivity contribution is 5.96. The van der Waals surface area contributed by atoms with Gasteiger partial charge in [-0.05, 0) is 0 Å². The summed E-state index contributed by atoms with van der Waals surface area (Å²) in [5, 5.41) is 0. The Kier molecular flexibility index (Phi) is 6.69. The summed E-state index contributed by atoms with van der Waals surface area (Å²) < 4.78 is 0. The highest BCUT2D eigenvalue weighted by Gasteiger charge is 2.18. The molecule has 0 spiro atoms. The van der Waals surface area contributed by atoms with E-state index >= 15 is 0 Å². The average Bonchev–Trinajstić information content (AvgIpc) is 2.72. The van der Waals surface area contributed by atoms with Crippen LogP contribution in [0.4, 0.5) is 0 Å². The molecule has 1 aliphatic heterocycles. The summed E-state index contributed by atoms with van der Waals surface area (Å²) in [6.07, 6.45) is 1.13. The maximum absolute atomic E-state index is 12.2. The predicted octanol–water partition coefficient (Wildman–Crippen LogP) is 3.15. The Balaban J connectivity index is 1.35. The minimum atomic E-state index is 0.210. The van der Waals surface area contributed by atoms with Crippen LogP contribution in [0, 0.1) is 0 Å². The molecule has 1 fully saturated rings. The van der Waals surface area contributed by atoms with Gasteiger partial charge in [0.25, 0.3) is 0 Å². The number of ketones is 2. The summed E-state index contributed by atoms with van der Waals surface area (Å²) in [7, 11) is 0. The number of nitrogens with zero attached hydrogens (tertiary/aromatic N) is 2. The summed E-state index contributed by atoms with van der Waals surface area (Å²) in [6, 6.07) is 19.0. The molecule has 4 heteroatoms. The van der Waals surface area contributed by atoms with Gasteiger partial charge in [-0.3, -0.25) is 9.59 Å². The van der Waals surface area contributed by atoms with Gasteiger partial charge in [-0.15, -0.1) is 0 Å². The summed E-state index contributed by atoms with van der Waals surface area (Å²) in [5.74, 6) is 0.419. The first kappa shape index (κ1) is 18.5. The zero-order chi connectivity index (χ0) is 18.2. The molecule has 1 saturated heterocycles. The molecule has 26 heavy (non-hydrogen) atoms. The van der Waals surface area contributed by atoms with Gasteiger partial charge in [0.2, 0.25) is 0 Å². The number of benzene rings is 2. The molecule has 0 amide bonds. The van der Waals surface area contributed by atoms with Crippen molar-refractivity contribution in [2.75, 3.05) is 39.3 Å². The molecule has 4 nitrogen and oxygen atoms in total. The minimum absolute atomic E-state index is 0.210. The Bertz CT molecular complexity index is 644. The van der Waals surface area contributed by atoms with Crippen molar-refractivity contribution in [3.63, 3.8) is 0 Å². The standard InChI is InChI=1S/C22H26N2O2/c25-21(19-7-3-1-4-8-19)11-13-23-15-17-24(18-16-23)14-12-22(26)20-9-5-2-6-10-20/h1-10H,11-18H2. The van der Waals surface area contributed by atoms with E-state index in [1.54, 1.807) is 0 Å². The van der Waals surface area contributed by atoms with Gasteiger partial charge in [0.15, 0.2) is 11.6 Å². The van der Waals surface area contributed by atoms with Crippen LogP contribution < -0.4 is 0 Å². The fourth-order valence-corrected chi connectivity index (χ4v) is 3.29. The zero-order valence-corrected chi connectivity index (χ0v) is 15.1. The normalized spacial score (nSPS) is 15.7. The molecule has 1 aliphatic rings. The van der Waals surface area contributed by atoms with Crippen molar-refractivity contribution in [2.24, 2.45) is 0 Å². The average molecular weight is 350 g/mol. The van der Waals surface area contributed by atoms with Gasteiger partial charge in [-0.2, -0.15) is 0 Å². The molecule has 0 saturated carbocycles. The van der Waals surface area contributed by atoms with Crippen molar-refractivity contribution >= 4 is 11.6 Å². The van der Waals surface area contributed by atoms with Crippen LogP contribution in [0.2, 0.25) is 0 Å². The minimum Gasteiger partial charge on any atom is -0.300 e. The zero-order valence-electron chi connectivity index (χ0n) is 15.1. The van der Waals surface area contributed by atoms with E-state index in [0.717, 1.165) is 50.4 Å². The van der Waals surface area contributed by atoms with Gasteiger partial charge < -0.3 is 9.80 Å². The Morgan fingerprint density at radius 2 is 0.962 bits per heavy atom. The lowest BCUT2D eigenvalue weighted by atomic mass is 10.1. The Labute approximate surface area is 155 Å². The summed E-state index contributed by atoms with van der Waals surface area (Å²) in [5.41, 5.74) is 1.59. The number of hydrogen-bond donors (Lipinski definition) is 0. The number of hydrogen-bond acceptors (Lipinski definition) is 4. The van der Waals surface area contributed by atoms with Gasteiger partial charge in [0, 0.05) is 63.2 Å². The van der Waals surface area contributed by atoms with Crippen molar-refractivity contribution in [1.82, 2.24) is 9.80 Å². The lowest BCUT2D eigenvalue weighted by Gasteiger charge is -2.34. The van der Waals surface area contributed by atoms with E-state index in [9.17, 15) is 9.59 Å². The van der Waals surface area contributed by atoms with Crippen molar-refractivity contribution < 1.29 is 9.59 Å². The van der Waals surface area contributed by atoms with E-state index < -0.39 is 0 Å².